The second-order valence-electron chi connectivity index (χ2n) is 5.09. The number of nitrogens with two attached hydrogens (primary N) is 1. The van der Waals surface area contributed by atoms with E-state index >= 15 is 0 Å². The van der Waals surface area contributed by atoms with Crippen LogP contribution in [0.4, 0.5) is 0 Å². The Labute approximate surface area is 108 Å². The van der Waals surface area contributed by atoms with Crippen LogP contribution in [-0.4, -0.2) is 34.9 Å². The Morgan fingerprint density at radius 3 is 2.83 bits per heavy atom. The van der Waals surface area contributed by atoms with Crippen molar-refractivity contribution in [2.45, 2.75) is 32.2 Å². The van der Waals surface area contributed by atoms with Crippen LogP contribution in [0.25, 0.3) is 0 Å². The third kappa shape index (κ3) is 3.07. The molecule has 18 heavy (non-hydrogen) atoms. The molecule has 1 aromatic rings. The lowest BCUT2D eigenvalue weighted by molar-refractivity contribution is -0.131. The molecule has 4 heteroatoms. The van der Waals surface area contributed by atoms with Crippen LogP contribution < -0.4 is 5.73 Å². The number of hydrogen-bond donors (Lipinski definition) is 1. The van der Waals surface area contributed by atoms with Gasteiger partial charge in [-0.3, -0.25) is 9.78 Å². The first-order valence-electron chi connectivity index (χ1n) is 6.59. The van der Waals surface area contributed by atoms with Gasteiger partial charge in [-0.05, 0) is 49.9 Å². The second-order valence-corrected chi connectivity index (χ2v) is 5.09. The van der Waals surface area contributed by atoms with Gasteiger partial charge in [0, 0.05) is 31.4 Å². The fourth-order valence-electron chi connectivity index (χ4n) is 2.61. The average molecular weight is 247 g/mol. The van der Waals surface area contributed by atoms with Crippen LogP contribution in [0.3, 0.4) is 0 Å². The Balaban J connectivity index is 1.85. The molecule has 98 valence electrons. The molecule has 0 aliphatic carbocycles. The summed E-state index contributed by atoms with van der Waals surface area (Å²) in [4.78, 5) is 18.1. The molecule has 4 nitrogen and oxygen atoms in total. The van der Waals surface area contributed by atoms with E-state index in [9.17, 15) is 4.79 Å². The van der Waals surface area contributed by atoms with Gasteiger partial charge < -0.3 is 10.6 Å². The van der Waals surface area contributed by atoms with Crippen LogP contribution in [0.1, 0.15) is 25.3 Å². The molecule has 1 amide bonds. The predicted octanol–water partition coefficient (Wildman–Crippen LogP) is 1.21. The summed E-state index contributed by atoms with van der Waals surface area (Å²) in [6, 6.07) is 4.26. The zero-order valence-electron chi connectivity index (χ0n) is 10.9. The van der Waals surface area contributed by atoms with E-state index in [-0.39, 0.29) is 5.91 Å². The largest absolute Gasteiger partial charge is 0.340 e. The molecular formula is C14H21N3O. The molecule has 0 radical (unpaired) electrons. The molecule has 2 heterocycles. The minimum absolute atomic E-state index is 0.246. The molecule has 0 aromatic carbocycles. The second kappa shape index (κ2) is 5.96. The van der Waals surface area contributed by atoms with Crippen LogP contribution in [0.15, 0.2) is 24.5 Å². The van der Waals surface area contributed by atoms with E-state index in [2.05, 4.69) is 11.9 Å². The highest BCUT2D eigenvalue weighted by Gasteiger charge is 2.30. The summed E-state index contributed by atoms with van der Waals surface area (Å²) in [5, 5.41) is 0. The van der Waals surface area contributed by atoms with Gasteiger partial charge in [-0.25, -0.2) is 0 Å². The number of nitrogens with zero attached hydrogens (tertiary/aromatic N) is 2. The minimum atomic E-state index is 0.246. The number of rotatable bonds is 4. The lowest BCUT2D eigenvalue weighted by Crippen LogP contribution is -2.34. The Bertz CT molecular complexity index is 393. The maximum atomic E-state index is 12.2. The van der Waals surface area contributed by atoms with Crippen molar-refractivity contribution >= 4 is 5.91 Å². The normalized spacial score (nSPS) is 23.3. The Hall–Kier alpha value is -1.42. The third-order valence-electron chi connectivity index (χ3n) is 3.69. The Kier molecular flexibility index (Phi) is 4.31. The minimum Gasteiger partial charge on any atom is -0.340 e. The van der Waals surface area contributed by atoms with Crippen molar-refractivity contribution in [3.05, 3.63) is 30.1 Å². The van der Waals surface area contributed by atoms with E-state index in [0.717, 1.165) is 19.4 Å². The number of aromatic nitrogens is 1. The number of likely N-dealkylation sites (tertiary alicyclic amines) is 1. The molecule has 1 aliphatic rings. The van der Waals surface area contributed by atoms with Crippen LogP contribution in [0, 0.1) is 5.92 Å². The highest BCUT2D eigenvalue weighted by atomic mass is 16.2. The number of aryl methyl sites for hydroxylation is 1. The van der Waals surface area contributed by atoms with Crippen molar-refractivity contribution in [1.29, 1.82) is 0 Å². The van der Waals surface area contributed by atoms with Crippen molar-refractivity contribution in [2.24, 2.45) is 11.7 Å². The number of pyridine rings is 1. The van der Waals surface area contributed by atoms with E-state index in [4.69, 9.17) is 5.73 Å². The number of hydrogen-bond acceptors (Lipinski definition) is 3. The van der Waals surface area contributed by atoms with E-state index < -0.39 is 0 Å². The molecule has 1 saturated heterocycles. The summed E-state index contributed by atoms with van der Waals surface area (Å²) in [6.45, 7) is 3.62. The molecule has 2 N–H and O–H groups in total. The molecule has 2 atom stereocenters. The SMILES string of the molecule is CC1CC(CN)CN1C(=O)CCc1ccncc1. The third-order valence-corrected chi connectivity index (χ3v) is 3.69. The first kappa shape index (κ1) is 13.0. The quantitative estimate of drug-likeness (QED) is 0.870. The molecule has 0 saturated carbocycles. The van der Waals surface area contributed by atoms with E-state index in [1.54, 1.807) is 12.4 Å². The number of carbonyl (C=O) groups is 1. The first-order valence-corrected chi connectivity index (χ1v) is 6.59. The monoisotopic (exact) mass is 247 g/mol. The molecular weight excluding hydrogens is 226 g/mol. The van der Waals surface area contributed by atoms with Gasteiger partial charge >= 0.3 is 0 Å². The molecule has 1 fully saturated rings. The van der Waals surface area contributed by atoms with E-state index in [1.165, 1.54) is 5.56 Å². The molecule has 0 bridgehead atoms. The van der Waals surface area contributed by atoms with Crippen molar-refractivity contribution < 1.29 is 4.79 Å². The smallest absolute Gasteiger partial charge is 0.223 e. The fourth-order valence-corrected chi connectivity index (χ4v) is 2.61. The van der Waals surface area contributed by atoms with Gasteiger partial charge in [0.25, 0.3) is 0 Å². The van der Waals surface area contributed by atoms with Crippen molar-refractivity contribution in [2.75, 3.05) is 13.1 Å². The molecule has 0 spiro atoms. The van der Waals surface area contributed by atoms with E-state index in [1.807, 2.05) is 17.0 Å². The zero-order chi connectivity index (χ0) is 13.0. The summed E-state index contributed by atoms with van der Waals surface area (Å²) in [7, 11) is 0. The van der Waals surface area contributed by atoms with Gasteiger partial charge in [0.2, 0.25) is 5.91 Å². The molecule has 2 rings (SSSR count). The fraction of sp³-hybridized carbons (Fsp3) is 0.571. The first-order chi connectivity index (χ1) is 8.70. The Morgan fingerprint density at radius 2 is 2.22 bits per heavy atom. The lowest BCUT2D eigenvalue weighted by atomic mass is 10.1. The van der Waals surface area contributed by atoms with Crippen molar-refractivity contribution in [1.82, 2.24) is 9.88 Å². The molecule has 1 aromatic heterocycles. The van der Waals surface area contributed by atoms with Crippen molar-refractivity contribution in [3.63, 3.8) is 0 Å². The summed E-state index contributed by atoms with van der Waals surface area (Å²) >= 11 is 0. The van der Waals surface area contributed by atoms with Gasteiger partial charge in [-0.15, -0.1) is 0 Å². The molecule has 2 unspecified atom stereocenters. The summed E-state index contributed by atoms with van der Waals surface area (Å²) < 4.78 is 0. The summed E-state index contributed by atoms with van der Waals surface area (Å²) in [6.07, 6.45) is 5.94. The maximum Gasteiger partial charge on any atom is 0.223 e. The van der Waals surface area contributed by atoms with E-state index in [0.29, 0.717) is 24.9 Å². The summed E-state index contributed by atoms with van der Waals surface area (Å²) in [5.74, 6) is 0.722. The highest BCUT2D eigenvalue weighted by Crippen LogP contribution is 2.23. The topological polar surface area (TPSA) is 59.2 Å². The lowest BCUT2D eigenvalue weighted by Gasteiger charge is -2.21. The number of amides is 1. The maximum absolute atomic E-state index is 12.2. The Morgan fingerprint density at radius 1 is 1.50 bits per heavy atom. The highest BCUT2D eigenvalue weighted by molar-refractivity contribution is 5.77. The van der Waals surface area contributed by atoms with Gasteiger partial charge in [-0.2, -0.15) is 0 Å². The van der Waals surface area contributed by atoms with Gasteiger partial charge in [0.15, 0.2) is 0 Å². The average Bonchev–Trinajstić information content (AvgIpc) is 2.78. The zero-order valence-corrected chi connectivity index (χ0v) is 10.9. The van der Waals surface area contributed by atoms with Gasteiger partial charge in [0.1, 0.15) is 0 Å². The van der Waals surface area contributed by atoms with Gasteiger partial charge in [0.05, 0.1) is 0 Å². The number of carbonyl (C=O) groups excluding carboxylic acids is 1. The predicted molar refractivity (Wildman–Crippen MR) is 70.9 cm³/mol. The standard InChI is InChI=1S/C14H21N3O/c1-11-8-13(9-15)10-17(11)14(18)3-2-12-4-6-16-7-5-12/h4-7,11,13H,2-3,8-10,15H2,1H3. The molecule has 1 aliphatic heterocycles. The van der Waals surface area contributed by atoms with Crippen LogP contribution in [-0.2, 0) is 11.2 Å². The van der Waals surface area contributed by atoms with Crippen LogP contribution >= 0.6 is 0 Å². The van der Waals surface area contributed by atoms with Crippen molar-refractivity contribution in [3.8, 4) is 0 Å². The van der Waals surface area contributed by atoms with Gasteiger partial charge in [-0.1, -0.05) is 0 Å². The summed E-state index contributed by atoms with van der Waals surface area (Å²) in [5.41, 5.74) is 6.85. The van der Waals surface area contributed by atoms with Crippen LogP contribution in [0.2, 0.25) is 0 Å². The van der Waals surface area contributed by atoms with Crippen LogP contribution in [0.5, 0.6) is 0 Å².